The quantitative estimate of drug-likeness (QED) is 0.923. The summed E-state index contributed by atoms with van der Waals surface area (Å²) in [6.07, 6.45) is 6.54. The van der Waals surface area contributed by atoms with Crippen molar-refractivity contribution in [2.75, 3.05) is 13.1 Å². The summed E-state index contributed by atoms with van der Waals surface area (Å²) in [6, 6.07) is 7.77. The third-order valence-corrected chi connectivity index (χ3v) is 4.23. The maximum Gasteiger partial charge on any atom is 0.270 e. The van der Waals surface area contributed by atoms with Crippen molar-refractivity contribution in [2.45, 2.75) is 38.9 Å². The van der Waals surface area contributed by atoms with Crippen LogP contribution >= 0.6 is 0 Å². The molecule has 1 aliphatic rings. The minimum absolute atomic E-state index is 0.0689. The molecule has 0 bridgehead atoms. The first-order chi connectivity index (χ1) is 11.3. The van der Waals surface area contributed by atoms with Gasteiger partial charge in [-0.25, -0.2) is 0 Å². The van der Waals surface area contributed by atoms with Crippen molar-refractivity contribution in [3.05, 3.63) is 53.6 Å². The van der Waals surface area contributed by atoms with Crippen LogP contribution in [0.15, 0.2) is 36.7 Å². The summed E-state index contributed by atoms with van der Waals surface area (Å²) in [5.74, 6) is 0.0689. The second-order valence-electron chi connectivity index (χ2n) is 5.94. The number of aromatic nitrogens is 2. The van der Waals surface area contributed by atoms with E-state index in [0.29, 0.717) is 18.8 Å². The predicted octanol–water partition coefficient (Wildman–Crippen LogP) is 2.79. The van der Waals surface area contributed by atoms with Gasteiger partial charge in [-0.1, -0.05) is 13.0 Å². The lowest BCUT2D eigenvalue weighted by Crippen LogP contribution is -2.43. The highest BCUT2D eigenvalue weighted by molar-refractivity contribution is 5.92. The van der Waals surface area contributed by atoms with Crippen molar-refractivity contribution in [3.8, 4) is 0 Å². The smallest absolute Gasteiger partial charge is 0.270 e. The van der Waals surface area contributed by atoms with Gasteiger partial charge in [0.2, 0.25) is 0 Å². The number of carbonyl (C=O) groups excluding carboxylic acids is 1. The van der Waals surface area contributed by atoms with Gasteiger partial charge in [-0.2, -0.15) is 0 Å². The lowest BCUT2D eigenvalue weighted by molar-refractivity contribution is -0.00695. The number of likely N-dealkylation sites (tertiary alicyclic amines) is 1. The fourth-order valence-electron chi connectivity index (χ4n) is 2.90. The van der Waals surface area contributed by atoms with Crippen LogP contribution in [0.1, 0.15) is 41.5 Å². The second-order valence-corrected chi connectivity index (χ2v) is 5.94. The largest absolute Gasteiger partial charge is 0.372 e. The van der Waals surface area contributed by atoms with E-state index < -0.39 is 0 Å². The summed E-state index contributed by atoms with van der Waals surface area (Å²) < 4.78 is 5.97. The third kappa shape index (κ3) is 3.99. The zero-order valence-electron chi connectivity index (χ0n) is 13.5. The van der Waals surface area contributed by atoms with Crippen LogP contribution in [0, 0.1) is 0 Å². The van der Waals surface area contributed by atoms with Crippen molar-refractivity contribution in [3.63, 3.8) is 0 Å². The monoisotopic (exact) mass is 313 g/mol. The van der Waals surface area contributed by atoms with Crippen molar-refractivity contribution in [1.29, 1.82) is 0 Å². The highest BCUT2D eigenvalue weighted by Crippen LogP contribution is 2.17. The molecule has 1 atom stereocenters. The fraction of sp³-hybridized carbons (Fsp3) is 0.444. The Morgan fingerprint density at radius 3 is 3.09 bits per heavy atom. The van der Waals surface area contributed by atoms with Gasteiger partial charge in [-0.15, -0.1) is 0 Å². The van der Waals surface area contributed by atoms with Crippen molar-refractivity contribution >= 4 is 5.91 Å². The number of aryl methyl sites for hydroxylation is 1. The number of nitrogens with zero attached hydrogens (tertiary/aromatic N) is 2. The van der Waals surface area contributed by atoms with Gasteiger partial charge in [0.05, 0.1) is 12.7 Å². The first-order valence-corrected chi connectivity index (χ1v) is 8.24. The Balaban J connectivity index is 1.56. The number of amides is 1. The Morgan fingerprint density at radius 1 is 1.43 bits per heavy atom. The van der Waals surface area contributed by atoms with Gasteiger partial charge in [0, 0.05) is 31.2 Å². The van der Waals surface area contributed by atoms with Crippen molar-refractivity contribution in [2.24, 2.45) is 0 Å². The number of H-pyrrole nitrogens is 1. The molecular weight excluding hydrogens is 290 g/mol. The average molecular weight is 313 g/mol. The van der Waals surface area contributed by atoms with E-state index in [0.717, 1.165) is 37.1 Å². The summed E-state index contributed by atoms with van der Waals surface area (Å²) in [5.41, 5.74) is 2.83. The minimum atomic E-state index is 0.0689. The maximum atomic E-state index is 12.6. The van der Waals surface area contributed by atoms with Crippen LogP contribution in [0.5, 0.6) is 0 Å². The Bertz CT molecular complexity index is 639. The standard InChI is InChI=1S/C18H23N3O2/c1-2-15-7-8-17(20-15)18(22)21-10-4-6-16(12-21)23-13-14-5-3-9-19-11-14/h3,5,7-9,11,16,20H,2,4,6,10,12-13H2,1H3/t16-/m1/s1. The summed E-state index contributed by atoms with van der Waals surface area (Å²) >= 11 is 0. The van der Waals surface area contributed by atoms with E-state index in [-0.39, 0.29) is 12.0 Å². The van der Waals surface area contributed by atoms with Crippen LogP contribution in [0.2, 0.25) is 0 Å². The van der Waals surface area contributed by atoms with Crippen LogP contribution in [0.3, 0.4) is 0 Å². The molecule has 0 aromatic carbocycles. The zero-order valence-corrected chi connectivity index (χ0v) is 13.5. The molecule has 2 aromatic rings. The number of nitrogens with one attached hydrogen (secondary N) is 1. The highest BCUT2D eigenvalue weighted by Gasteiger charge is 2.25. The molecule has 0 unspecified atom stereocenters. The minimum Gasteiger partial charge on any atom is -0.372 e. The van der Waals surface area contributed by atoms with Gasteiger partial charge >= 0.3 is 0 Å². The Kier molecular flexibility index (Phi) is 5.08. The van der Waals surface area contributed by atoms with Crippen LogP contribution in [-0.4, -0.2) is 40.0 Å². The highest BCUT2D eigenvalue weighted by atomic mass is 16.5. The molecule has 5 heteroatoms. The molecule has 5 nitrogen and oxygen atoms in total. The van der Waals surface area contributed by atoms with Crippen LogP contribution in [-0.2, 0) is 17.8 Å². The maximum absolute atomic E-state index is 12.6. The lowest BCUT2D eigenvalue weighted by Gasteiger charge is -2.32. The van der Waals surface area contributed by atoms with Crippen molar-refractivity contribution < 1.29 is 9.53 Å². The van der Waals surface area contributed by atoms with Gasteiger partial charge < -0.3 is 14.6 Å². The van der Waals surface area contributed by atoms with E-state index in [4.69, 9.17) is 4.74 Å². The molecule has 0 saturated carbocycles. The summed E-state index contributed by atoms with van der Waals surface area (Å²) in [7, 11) is 0. The first kappa shape index (κ1) is 15.7. The normalized spacial score (nSPS) is 18.1. The Morgan fingerprint density at radius 2 is 2.35 bits per heavy atom. The summed E-state index contributed by atoms with van der Waals surface area (Å²) in [6.45, 7) is 4.07. The molecule has 122 valence electrons. The number of hydrogen-bond donors (Lipinski definition) is 1. The summed E-state index contributed by atoms with van der Waals surface area (Å²) in [4.78, 5) is 21.8. The van der Waals surface area contributed by atoms with Gasteiger partial charge in [-0.05, 0) is 43.0 Å². The molecule has 1 amide bonds. The van der Waals surface area contributed by atoms with E-state index >= 15 is 0 Å². The number of carbonyl (C=O) groups is 1. The molecule has 1 aliphatic heterocycles. The lowest BCUT2D eigenvalue weighted by atomic mass is 10.1. The number of rotatable bonds is 5. The number of ether oxygens (including phenoxy) is 1. The molecule has 3 heterocycles. The first-order valence-electron chi connectivity index (χ1n) is 8.24. The molecule has 1 saturated heterocycles. The van der Waals surface area contributed by atoms with E-state index in [9.17, 15) is 4.79 Å². The number of hydrogen-bond acceptors (Lipinski definition) is 3. The number of pyridine rings is 1. The molecule has 0 spiro atoms. The molecule has 1 fully saturated rings. The molecule has 1 N–H and O–H groups in total. The SMILES string of the molecule is CCc1ccc(C(=O)N2CCC[C@@H](OCc3cccnc3)C2)[nH]1. The predicted molar refractivity (Wildman–Crippen MR) is 88.1 cm³/mol. The fourth-order valence-corrected chi connectivity index (χ4v) is 2.90. The van der Waals surface area contributed by atoms with E-state index in [1.54, 1.807) is 6.20 Å². The molecule has 2 aromatic heterocycles. The van der Waals surface area contributed by atoms with E-state index in [1.165, 1.54) is 0 Å². The topological polar surface area (TPSA) is 58.2 Å². The molecule has 23 heavy (non-hydrogen) atoms. The second kappa shape index (κ2) is 7.42. The van der Waals surface area contributed by atoms with Gasteiger partial charge in [0.15, 0.2) is 0 Å². The molecule has 3 rings (SSSR count). The average Bonchev–Trinajstić information content (AvgIpc) is 3.10. The van der Waals surface area contributed by atoms with Gasteiger partial charge in [-0.3, -0.25) is 9.78 Å². The number of aromatic amines is 1. The van der Waals surface area contributed by atoms with E-state index in [1.807, 2.05) is 35.4 Å². The summed E-state index contributed by atoms with van der Waals surface area (Å²) in [5, 5.41) is 0. The third-order valence-electron chi connectivity index (χ3n) is 4.23. The van der Waals surface area contributed by atoms with E-state index in [2.05, 4.69) is 16.9 Å². The van der Waals surface area contributed by atoms with Crippen LogP contribution in [0.25, 0.3) is 0 Å². The van der Waals surface area contributed by atoms with Gasteiger partial charge in [0.1, 0.15) is 5.69 Å². The molecule has 0 radical (unpaired) electrons. The van der Waals surface area contributed by atoms with Crippen LogP contribution in [0.4, 0.5) is 0 Å². The number of piperidine rings is 1. The van der Waals surface area contributed by atoms with Crippen LogP contribution < -0.4 is 0 Å². The molecule has 0 aliphatic carbocycles. The molecular formula is C18H23N3O2. The Labute approximate surface area is 136 Å². The zero-order chi connectivity index (χ0) is 16.1. The Hall–Kier alpha value is -2.14. The van der Waals surface area contributed by atoms with Gasteiger partial charge in [0.25, 0.3) is 5.91 Å². The van der Waals surface area contributed by atoms with Crippen molar-refractivity contribution in [1.82, 2.24) is 14.9 Å².